The van der Waals surface area contributed by atoms with E-state index in [-0.39, 0.29) is 5.56 Å². The number of rotatable bonds is 4. The molecule has 2 unspecified atom stereocenters. The standard InChI is InChI=1S/C16H22O3/c1-11-4-3-5-13(8-11)10-19-15-9-12(2)6-7-14(15)16(17)18/h6-7,9,11,13H,3-5,8,10H2,1-2H3,(H,17,18). The molecule has 104 valence electrons. The second kappa shape index (κ2) is 6.09. The Morgan fingerprint density at radius 2 is 2.21 bits per heavy atom. The Morgan fingerprint density at radius 1 is 1.42 bits per heavy atom. The SMILES string of the molecule is Cc1ccc(C(=O)O)c(OCC2CCCC(C)C2)c1. The molecular formula is C16H22O3. The van der Waals surface area contributed by atoms with E-state index < -0.39 is 5.97 Å². The van der Waals surface area contributed by atoms with Crippen LogP contribution in [0.5, 0.6) is 5.75 Å². The van der Waals surface area contributed by atoms with Crippen molar-refractivity contribution in [1.82, 2.24) is 0 Å². The van der Waals surface area contributed by atoms with Crippen molar-refractivity contribution in [3.8, 4) is 5.75 Å². The van der Waals surface area contributed by atoms with E-state index in [2.05, 4.69) is 6.92 Å². The molecule has 0 amide bonds. The monoisotopic (exact) mass is 262 g/mol. The third-order valence-corrected chi connectivity index (χ3v) is 3.89. The minimum Gasteiger partial charge on any atom is -0.492 e. The summed E-state index contributed by atoms with van der Waals surface area (Å²) in [5.41, 5.74) is 1.28. The smallest absolute Gasteiger partial charge is 0.339 e. The minimum absolute atomic E-state index is 0.259. The van der Waals surface area contributed by atoms with Gasteiger partial charge in [0.1, 0.15) is 11.3 Å². The number of carboxylic acid groups (broad SMARTS) is 1. The molecule has 2 atom stereocenters. The van der Waals surface area contributed by atoms with Crippen molar-refractivity contribution in [1.29, 1.82) is 0 Å². The van der Waals surface area contributed by atoms with E-state index in [0.717, 1.165) is 11.5 Å². The Labute approximate surface area is 114 Å². The van der Waals surface area contributed by atoms with Crippen LogP contribution in [0.3, 0.4) is 0 Å². The molecule has 19 heavy (non-hydrogen) atoms. The highest BCUT2D eigenvalue weighted by atomic mass is 16.5. The summed E-state index contributed by atoms with van der Waals surface area (Å²) in [7, 11) is 0. The number of carboxylic acids is 1. The molecule has 0 aromatic heterocycles. The molecule has 3 heteroatoms. The second-order valence-electron chi connectivity index (χ2n) is 5.75. The number of aryl methyl sites for hydroxylation is 1. The zero-order valence-corrected chi connectivity index (χ0v) is 11.7. The largest absolute Gasteiger partial charge is 0.492 e. The molecule has 1 saturated carbocycles. The Balaban J connectivity index is 2.02. The van der Waals surface area contributed by atoms with Crippen LogP contribution in [0.4, 0.5) is 0 Å². The first-order chi connectivity index (χ1) is 9.06. The summed E-state index contributed by atoms with van der Waals surface area (Å²) in [4.78, 5) is 11.2. The molecule has 0 spiro atoms. The molecule has 1 N–H and O–H groups in total. The minimum atomic E-state index is -0.924. The predicted octanol–water partition coefficient (Wildman–Crippen LogP) is 3.90. The summed E-state index contributed by atoms with van der Waals surface area (Å²) in [5.74, 6) is 0.905. The molecule has 3 nitrogen and oxygen atoms in total. The Hall–Kier alpha value is -1.51. The zero-order valence-electron chi connectivity index (χ0n) is 11.7. The van der Waals surface area contributed by atoms with Gasteiger partial charge in [0.25, 0.3) is 0 Å². The summed E-state index contributed by atoms with van der Waals surface area (Å²) in [6.45, 7) is 4.86. The van der Waals surface area contributed by atoms with Gasteiger partial charge in [-0.05, 0) is 49.3 Å². The lowest BCUT2D eigenvalue weighted by molar-refractivity contribution is 0.0690. The van der Waals surface area contributed by atoms with E-state index in [4.69, 9.17) is 9.84 Å². The first-order valence-corrected chi connectivity index (χ1v) is 7.03. The third kappa shape index (κ3) is 3.72. The summed E-state index contributed by atoms with van der Waals surface area (Å²) >= 11 is 0. The van der Waals surface area contributed by atoms with Gasteiger partial charge in [-0.25, -0.2) is 4.79 Å². The maximum atomic E-state index is 11.2. The molecule has 1 aliphatic carbocycles. The average molecular weight is 262 g/mol. The van der Waals surface area contributed by atoms with Crippen molar-refractivity contribution in [3.05, 3.63) is 29.3 Å². The van der Waals surface area contributed by atoms with Crippen molar-refractivity contribution in [2.45, 2.75) is 39.5 Å². The van der Waals surface area contributed by atoms with Gasteiger partial charge < -0.3 is 9.84 Å². The van der Waals surface area contributed by atoms with Crippen molar-refractivity contribution >= 4 is 5.97 Å². The summed E-state index contributed by atoms with van der Waals surface area (Å²) in [5, 5.41) is 9.16. The lowest BCUT2D eigenvalue weighted by Gasteiger charge is -2.26. The van der Waals surface area contributed by atoms with Crippen LogP contribution in [0.2, 0.25) is 0 Å². The van der Waals surface area contributed by atoms with Crippen LogP contribution in [-0.4, -0.2) is 17.7 Å². The normalized spacial score (nSPS) is 23.1. The lowest BCUT2D eigenvalue weighted by Crippen LogP contribution is -2.20. The maximum absolute atomic E-state index is 11.2. The first kappa shape index (κ1) is 13.9. The molecule has 0 saturated heterocycles. The van der Waals surface area contributed by atoms with E-state index in [1.807, 2.05) is 13.0 Å². The van der Waals surface area contributed by atoms with E-state index in [9.17, 15) is 4.79 Å². The van der Waals surface area contributed by atoms with E-state index in [1.165, 1.54) is 25.7 Å². The Bertz CT molecular complexity index is 453. The second-order valence-corrected chi connectivity index (χ2v) is 5.75. The van der Waals surface area contributed by atoms with Gasteiger partial charge in [-0.15, -0.1) is 0 Å². The van der Waals surface area contributed by atoms with Gasteiger partial charge in [-0.1, -0.05) is 25.8 Å². The fourth-order valence-corrected chi connectivity index (χ4v) is 2.84. The molecule has 1 aliphatic rings. The molecule has 2 rings (SSSR count). The number of hydrogen-bond donors (Lipinski definition) is 1. The Kier molecular flexibility index (Phi) is 4.46. The van der Waals surface area contributed by atoms with Crippen LogP contribution in [0.15, 0.2) is 18.2 Å². The van der Waals surface area contributed by atoms with Gasteiger partial charge in [0.05, 0.1) is 6.61 Å². The lowest BCUT2D eigenvalue weighted by atomic mass is 9.83. The van der Waals surface area contributed by atoms with Gasteiger partial charge in [0, 0.05) is 0 Å². The molecule has 0 aliphatic heterocycles. The number of benzene rings is 1. The highest BCUT2D eigenvalue weighted by Gasteiger charge is 2.20. The first-order valence-electron chi connectivity index (χ1n) is 7.03. The van der Waals surface area contributed by atoms with Gasteiger partial charge in [0.2, 0.25) is 0 Å². The summed E-state index contributed by atoms with van der Waals surface area (Å²) < 4.78 is 5.79. The van der Waals surface area contributed by atoms with Gasteiger partial charge in [-0.2, -0.15) is 0 Å². The van der Waals surface area contributed by atoms with Crippen LogP contribution in [0.1, 0.15) is 48.5 Å². The number of ether oxygens (including phenoxy) is 1. The average Bonchev–Trinajstić information content (AvgIpc) is 2.36. The fourth-order valence-electron chi connectivity index (χ4n) is 2.84. The fraction of sp³-hybridized carbons (Fsp3) is 0.562. The van der Waals surface area contributed by atoms with Crippen molar-refractivity contribution in [2.24, 2.45) is 11.8 Å². The highest BCUT2D eigenvalue weighted by molar-refractivity contribution is 5.90. The third-order valence-electron chi connectivity index (χ3n) is 3.89. The molecule has 0 bridgehead atoms. The van der Waals surface area contributed by atoms with E-state index in [0.29, 0.717) is 18.3 Å². The molecule has 0 heterocycles. The zero-order chi connectivity index (χ0) is 13.8. The molecule has 1 aromatic rings. The number of hydrogen-bond acceptors (Lipinski definition) is 2. The van der Waals surface area contributed by atoms with Crippen molar-refractivity contribution in [2.75, 3.05) is 6.61 Å². The number of carbonyl (C=O) groups is 1. The Morgan fingerprint density at radius 3 is 2.89 bits per heavy atom. The van der Waals surface area contributed by atoms with Crippen LogP contribution >= 0.6 is 0 Å². The molecular weight excluding hydrogens is 240 g/mol. The van der Waals surface area contributed by atoms with E-state index >= 15 is 0 Å². The van der Waals surface area contributed by atoms with Crippen LogP contribution in [0.25, 0.3) is 0 Å². The van der Waals surface area contributed by atoms with Gasteiger partial charge in [0.15, 0.2) is 0 Å². The van der Waals surface area contributed by atoms with Gasteiger partial charge >= 0.3 is 5.97 Å². The topological polar surface area (TPSA) is 46.5 Å². The molecule has 1 aromatic carbocycles. The number of aromatic carboxylic acids is 1. The van der Waals surface area contributed by atoms with Gasteiger partial charge in [-0.3, -0.25) is 0 Å². The molecule has 0 radical (unpaired) electrons. The van der Waals surface area contributed by atoms with Crippen molar-refractivity contribution in [3.63, 3.8) is 0 Å². The van der Waals surface area contributed by atoms with Crippen molar-refractivity contribution < 1.29 is 14.6 Å². The molecule has 1 fully saturated rings. The quantitative estimate of drug-likeness (QED) is 0.895. The van der Waals surface area contributed by atoms with E-state index in [1.54, 1.807) is 12.1 Å². The van der Waals surface area contributed by atoms with Crippen LogP contribution in [-0.2, 0) is 0 Å². The summed E-state index contributed by atoms with van der Waals surface area (Å²) in [6.07, 6.45) is 4.95. The predicted molar refractivity (Wildman–Crippen MR) is 74.8 cm³/mol. The maximum Gasteiger partial charge on any atom is 0.339 e. The highest BCUT2D eigenvalue weighted by Crippen LogP contribution is 2.30. The summed E-state index contributed by atoms with van der Waals surface area (Å²) in [6, 6.07) is 5.24. The van der Waals surface area contributed by atoms with Crippen LogP contribution < -0.4 is 4.74 Å². The van der Waals surface area contributed by atoms with Crippen LogP contribution in [0, 0.1) is 18.8 Å².